The van der Waals surface area contributed by atoms with E-state index in [0.29, 0.717) is 0 Å². The molecule has 0 bridgehead atoms. The van der Waals surface area contributed by atoms with E-state index >= 15 is 0 Å². The Labute approximate surface area is 174 Å². The highest BCUT2D eigenvalue weighted by atomic mass is 14.8. The summed E-state index contributed by atoms with van der Waals surface area (Å²) in [4.78, 5) is 12.8. The first-order valence-electron chi connectivity index (χ1n) is 10.1. The molecule has 0 saturated heterocycles. The molecule has 3 rings (SSSR count). The van der Waals surface area contributed by atoms with Gasteiger partial charge in [0.25, 0.3) is 0 Å². The van der Waals surface area contributed by atoms with Crippen molar-refractivity contribution in [2.75, 3.05) is 0 Å². The molecular formula is C26H31N3. The molecule has 0 amide bonds. The molecular weight excluding hydrogens is 354 g/mol. The van der Waals surface area contributed by atoms with Gasteiger partial charge in [0.15, 0.2) is 0 Å². The number of hydrogen-bond acceptors (Lipinski definition) is 2. The summed E-state index contributed by atoms with van der Waals surface area (Å²) in [6, 6.07) is 20.7. The van der Waals surface area contributed by atoms with Crippen molar-refractivity contribution in [1.82, 2.24) is 4.98 Å². The molecule has 0 aliphatic rings. The third kappa shape index (κ3) is 5.32. The van der Waals surface area contributed by atoms with E-state index in [1.165, 1.54) is 11.1 Å². The normalized spacial score (nSPS) is 12.9. The van der Waals surface area contributed by atoms with E-state index in [1.54, 1.807) is 0 Å². The van der Waals surface area contributed by atoms with Crippen LogP contribution in [0, 0.1) is 0 Å². The van der Waals surface area contributed by atoms with Gasteiger partial charge in [-0.15, -0.1) is 0 Å². The number of aliphatic imine (C=N–C) groups is 2. The second-order valence-corrected chi connectivity index (χ2v) is 9.42. The van der Waals surface area contributed by atoms with E-state index in [9.17, 15) is 0 Å². The zero-order valence-corrected chi connectivity index (χ0v) is 18.3. The van der Waals surface area contributed by atoms with Crippen LogP contribution < -0.4 is 0 Å². The quantitative estimate of drug-likeness (QED) is 0.465. The highest BCUT2D eigenvalue weighted by Crippen LogP contribution is 2.32. The van der Waals surface area contributed by atoms with Crippen LogP contribution in [0.4, 0.5) is 11.4 Å². The Bertz CT molecular complexity index is 942. The van der Waals surface area contributed by atoms with Gasteiger partial charge in [-0.1, -0.05) is 77.9 Å². The maximum absolute atomic E-state index is 4.72. The van der Waals surface area contributed by atoms with Crippen LogP contribution >= 0.6 is 0 Å². The summed E-state index contributed by atoms with van der Waals surface area (Å²) in [6.07, 6.45) is 3.76. The molecule has 3 aromatic rings. The van der Waals surface area contributed by atoms with Crippen molar-refractivity contribution >= 4 is 23.8 Å². The highest BCUT2D eigenvalue weighted by Gasteiger charge is 2.17. The standard InChI is InChI=1S/C26H31N3/c1-25(2,3)21-11-7-9-13-23(21)27-17-19-15-16-20(29-19)18-28-24-14-10-8-12-22(24)26(4,5)6/h7-18,29H,1-6H3. The Morgan fingerprint density at radius 2 is 0.966 bits per heavy atom. The van der Waals surface area contributed by atoms with Gasteiger partial charge in [-0.3, -0.25) is 9.98 Å². The lowest BCUT2D eigenvalue weighted by Gasteiger charge is -2.20. The van der Waals surface area contributed by atoms with Gasteiger partial charge in [0.05, 0.1) is 35.2 Å². The molecule has 0 fully saturated rings. The van der Waals surface area contributed by atoms with Gasteiger partial charge in [0.2, 0.25) is 0 Å². The van der Waals surface area contributed by atoms with Gasteiger partial charge in [0.1, 0.15) is 0 Å². The van der Waals surface area contributed by atoms with Crippen LogP contribution in [-0.4, -0.2) is 17.4 Å². The first-order valence-corrected chi connectivity index (χ1v) is 10.1. The van der Waals surface area contributed by atoms with Gasteiger partial charge in [-0.05, 0) is 46.2 Å². The monoisotopic (exact) mass is 385 g/mol. The minimum absolute atomic E-state index is 0.0575. The van der Waals surface area contributed by atoms with Crippen molar-refractivity contribution in [2.24, 2.45) is 9.98 Å². The van der Waals surface area contributed by atoms with Gasteiger partial charge < -0.3 is 4.98 Å². The predicted octanol–water partition coefficient (Wildman–Crippen LogP) is 7.11. The SMILES string of the molecule is CC(C)(C)c1ccccc1N=Cc1ccc(C=Nc2ccccc2C(C)(C)C)[nH]1. The largest absolute Gasteiger partial charge is 0.353 e. The maximum Gasteiger partial charge on any atom is 0.0667 e. The number of H-pyrrole nitrogens is 1. The summed E-state index contributed by atoms with van der Waals surface area (Å²) < 4.78 is 0. The van der Waals surface area contributed by atoms with Gasteiger partial charge >= 0.3 is 0 Å². The summed E-state index contributed by atoms with van der Waals surface area (Å²) in [7, 11) is 0. The average Bonchev–Trinajstić information content (AvgIpc) is 3.11. The fraction of sp³-hybridized carbons (Fsp3) is 0.308. The Morgan fingerprint density at radius 1 is 0.586 bits per heavy atom. The summed E-state index contributed by atoms with van der Waals surface area (Å²) in [5.74, 6) is 0. The molecule has 0 aliphatic carbocycles. The number of para-hydroxylation sites is 2. The molecule has 0 unspecified atom stereocenters. The van der Waals surface area contributed by atoms with Crippen LogP contribution in [0.15, 0.2) is 70.6 Å². The molecule has 0 aliphatic heterocycles. The molecule has 0 radical (unpaired) electrons. The van der Waals surface area contributed by atoms with E-state index in [1.807, 2.05) is 36.7 Å². The highest BCUT2D eigenvalue weighted by molar-refractivity contribution is 5.85. The van der Waals surface area contributed by atoms with Crippen LogP contribution in [0.1, 0.15) is 64.1 Å². The zero-order chi connectivity index (χ0) is 21.1. The van der Waals surface area contributed by atoms with Gasteiger partial charge in [-0.2, -0.15) is 0 Å². The number of aromatic nitrogens is 1. The minimum atomic E-state index is 0.0575. The van der Waals surface area contributed by atoms with E-state index < -0.39 is 0 Å². The topological polar surface area (TPSA) is 40.5 Å². The van der Waals surface area contributed by atoms with Crippen LogP contribution in [-0.2, 0) is 10.8 Å². The molecule has 150 valence electrons. The smallest absolute Gasteiger partial charge is 0.0667 e. The lowest BCUT2D eigenvalue weighted by molar-refractivity contribution is 0.591. The van der Waals surface area contributed by atoms with Crippen LogP contribution in [0.25, 0.3) is 0 Å². The molecule has 2 aromatic carbocycles. The molecule has 3 heteroatoms. The van der Waals surface area contributed by atoms with Crippen molar-refractivity contribution in [1.29, 1.82) is 0 Å². The third-order valence-corrected chi connectivity index (χ3v) is 4.84. The van der Waals surface area contributed by atoms with Crippen molar-refractivity contribution in [3.63, 3.8) is 0 Å². The van der Waals surface area contributed by atoms with Crippen molar-refractivity contribution in [2.45, 2.75) is 52.4 Å². The first kappa shape index (κ1) is 20.8. The number of nitrogens with one attached hydrogen (secondary N) is 1. The molecule has 0 saturated carbocycles. The number of benzene rings is 2. The fourth-order valence-corrected chi connectivity index (χ4v) is 3.30. The molecule has 0 atom stereocenters. The van der Waals surface area contributed by atoms with E-state index in [-0.39, 0.29) is 10.8 Å². The fourth-order valence-electron chi connectivity index (χ4n) is 3.30. The van der Waals surface area contributed by atoms with Crippen molar-refractivity contribution in [3.8, 4) is 0 Å². The number of aromatic amines is 1. The molecule has 1 aromatic heterocycles. The lowest BCUT2D eigenvalue weighted by Crippen LogP contribution is -2.11. The average molecular weight is 386 g/mol. The Hall–Kier alpha value is -2.94. The van der Waals surface area contributed by atoms with E-state index in [2.05, 4.69) is 82.9 Å². The molecule has 0 spiro atoms. The number of hydrogen-bond donors (Lipinski definition) is 1. The second kappa shape index (κ2) is 8.20. The maximum atomic E-state index is 4.72. The zero-order valence-electron chi connectivity index (χ0n) is 18.3. The lowest BCUT2D eigenvalue weighted by atomic mass is 9.86. The third-order valence-electron chi connectivity index (χ3n) is 4.84. The van der Waals surface area contributed by atoms with Crippen molar-refractivity contribution in [3.05, 3.63) is 83.2 Å². The Kier molecular flexibility index (Phi) is 5.88. The van der Waals surface area contributed by atoms with Gasteiger partial charge in [0, 0.05) is 0 Å². The Balaban J connectivity index is 1.80. The summed E-state index contributed by atoms with van der Waals surface area (Å²) >= 11 is 0. The summed E-state index contributed by atoms with van der Waals surface area (Å²) in [5.41, 5.74) is 6.52. The van der Waals surface area contributed by atoms with Crippen molar-refractivity contribution < 1.29 is 0 Å². The van der Waals surface area contributed by atoms with E-state index in [4.69, 9.17) is 9.98 Å². The summed E-state index contributed by atoms with van der Waals surface area (Å²) in [6.45, 7) is 13.2. The molecule has 1 N–H and O–H groups in total. The second-order valence-electron chi connectivity index (χ2n) is 9.42. The van der Waals surface area contributed by atoms with E-state index in [0.717, 1.165) is 22.8 Å². The van der Waals surface area contributed by atoms with Gasteiger partial charge in [-0.25, -0.2) is 0 Å². The molecule has 3 nitrogen and oxygen atoms in total. The number of nitrogens with zero attached hydrogens (tertiary/aromatic N) is 2. The predicted molar refractivity (Wildman–Crippen MR) is 126 cm³/mol. The first-order chi connectivity index (χ1) is 13.6. The summed E-state index contributed by atoms with van der Waals surface area (Å²) in [5, 5.41) is 0. The molecule has 29 heavy (non-hydrogen) atoms. The number of rotatable bonds is 4. The van der Waals surface area contributed by atoms with Crippen LogP contribution in [0.3, 0.4) is 0 Å². The van der Waals surface area contributed by atoms with Crippen LogP contribution in [0.2, 0.25) is 0 Å². The van der Waals surface area contributed by atoms with Crippen LogP contribution in [0.5, 0.6) is 0 Å². The Morgan fingerprint density at radius 3 is 1.34 bits per heavy atom. The molecule has 1 heterocycles. The minimum Gasteiger partial charge on any atom is -0.353 e.